The summed E-state index contributed by atoms with van der Waals surface area (Å²) in [7, 11) is -3.62. The Bertz CT molecular complexity index is 779. The number of nitrogens with zero attached hydrogens (tertiary/aromatic N) is 1. The molecule has 24 heavy (non-hydrogen) atoms. The third-order valence-electron chi connectivity index (χ3n) is 5.77. The predicted octanol–water partition coefficient (Wildman–Crippen LogP) is 3.32. The first-order chi connectivity index (χ1) is 11.2. The number of fused-ring (bicyclic) bond motifs is 2. The Hall–Kier alpha value is -1.46. The first kappa shape index (κ1) is 17.4. The number of carbonyl (C=O) groups is 1. The van der Waals surface area contributed by atoms with Crippen molar-refractivity contribution in [2.24, 2.45) is 11.8 Å². The van der Waals surface area contributed by atoms with Gasteiger partial charge in [0.15, 0.2) is 0 Å². The SMILES string of the molecule is C=C1CN(S(=O)(=O)c2ccc(C)cc2)[C@]2(C(C)C)CCC(=O)C1C2. The van der Waals surface area contributed by atoms with Gasteiger partial charge in [-0.05, 0) is 37.8 Å². The molecule has 0 amide bonds. The van der Waals surface area contributed by atoms with E-state index in [-0.39, 0.29) is 24.2 Å². The van der Waals surface area contributed by atoms with Crippen molar-refractivity contribution in [2.45, 2.75) is 50.5 Å². The molecule has 1 aliphatic carbocycles. The lowest BCUT2D eigenvalue weighted by atomic mass is 9.65. The molecule has 0 spiro atoms. The van der Waals surface area contributed by atoms with Gasteiger partial charge in [0, 0.05) is 24.4 Å². The molecule has 2 aliphatic rings. The maximum absolute atomic E-state index is 13.3. The topological polar surface area (TPSA) is 54.5 Å². The molecule has 1 aromatic carbocycles. The number of hydrogen-bond acceptors (Lipinski definition) is 3. The van der Waals surface area contributed by atoms with Gasteiger partial charge in [-0.15, -0.1) is 0 Å². The van der Waals surface area contributed by atoms with Crippen LogP contribution in [-0.2, 0) is 14.8 Å². The van der Waals surface area contributed by atoms with Crippen molar-refractivity contribution in [3.05, 3.63) is 42.0 Å². The van der Waals surface area contributed by atoms with E-state index in [2.05, 4.69) is 20.4 Å². The smallest absolute Gasteiger partial charge is 0.243 e. The van der Waals surface area contributed by atoms with E-state index < -0.39 is 15.6 Å². The van der Waals surface area contributed by atoms with Crippen LogP contribution in [0.4, 0.5) is 0 Å². The molecule has 0 N–H and O–H groups in total. The van der Waals surface area contributed by atoms with Crippen molar-refractivity contribution in [3.8, 4) is 0 Å². The number of ketones is 1. The van der Waals surface area contributed by atoms with E-state index in [1.165, 1.54) is 0 Å². The van der Waals surface area contributed by atoms with Gasteiger partial charge in [0.25, 0.3) is 0 Å². The number of Topliss-reactive ketones (excluding diaryl/α,β-unsaturated/α-hetero) is 1. The number of piperidine rings is 1. The summed E-state index contributed by atoms with van der Waals surface area (Å²) in [6.45, 7) is 10.3. The molecule has 4 nitrogen and oxygen atoms in total. The first-order valence-electron chi connectivity index (χ1n) is 8.48. The molecule has 1 saturated carbocycles. The second-order valence-corrected chi connectivity index (χ2v) is 9.33. The van der Waals surface area contributed by atoms with Gasteiger partial charge in [-0.1, -0.05) is 43.7 Å². The maximum atomic E-state index is 13.3. The Morgan fingerprint density at radius 2 is 1.88 bits per heavy atom. The van der Waals surface area contributed by atoms with Crippen molar-refractivity contribution in [1.82, 2.24) is 4.31 Å². The van der Waals surface area contributed by atoms with Crippen LogP contribution < -0.4 is 0 Å². The molecule has 5 heteroatoms. The Morgan fingerprint density at radius 1 is 1.25 bits per heavy atom. The zero-order valence-corrected chi connectivity index (χ0v) is 15.4. The number of sulfonamides is 1. The highest BCUT2D eigenvalue weighted by Crippen LogP contribution is 2.48. The number of aryl methyl sites for hydroxylation is 1. The van der Waals surface area contributed by atoms with Crippen molar-refractivity contribution in [1.29, 1.82) is 0 Å². The molecular formula is C19H25NO3S. The Labute approximate surface area is 144 Å². The molecule has 1 aliphatic heterocycles. The maximum Gasteiger partial charge on any atom is 0.243 e. The summed E-state index contributed by atoms with van der Waals surface area (Å²) in [6.07, 6.45) is 1.59. The quantitative estimate of drug-likeness (QED) is 0.788. The lowest BCUT2D eigenvalue weighted by molar-refractivity contribution is -0.128. The summed E-state index contributed by atoms with van der Waals surface area (Å²) in [5.41, 5.74) is 1.26. The van der Waals surface area contributed by atoms with E-state index in [0.29, 0.717) is 24.2 Å². The average molecular weight is 347 g/mol. The fourth-order valence-corrected chi connectivity index (χ4v) is 6.03. The van der Waals surface area contributed by atoms with Crippen molar-refractivity contribution >= 4 is 15.8 Å². The Balaban J connectivity index is 2.09. The summed E-state index contributed by atoms with van der Waals surface area (Å²) in [5.74, 6) is 0.163. The van der Waals surface area contributed by atoms with E-state index in [4.69, 9.17) is 0 Å². The van der Waals surface area contributed by atoms with Gasteiger partial charge in [0.05, 0.1) is 4.90 Å². The van der Waals surface area contributed by atoms with Crippen LogP contribution in [-0.4, -0.2) is 30.6 Å². The number of hydrogen-bond donors (Lipinski definition) is 0. The predicted molar refractivity (Wildman–Crippen MR) is 94.1 cm³/mol. The number of benzene rings is 1. The highest BCUT2D eigenvalue weighted by Gasteiger charge is 2.54. The second-order valence-electron chi connectivity index (χ2n) is 7.46. The average Bonchev–Trinajstić information content (AvgIpc) is 2.53. The molecule has 1 heterocycles. The third-order valence-corrected chi connectivity index (χ3v) is 7.71. The molecule has 1 saturated heterocycles. The summed E-state index contributed by atoms with van der Waals surface area (Å²) in [4.78, 5) is 12.5. The first-order valence-corrected chi connectivity index (χ1v) is 9.92. The van der Waals surface area contributed by atoms with E-state index >= 15 is 0 Å². The van der Waals surface area contributed by atoms with Crippen LogP contribution in [0.5, 0.6) is 0 Å². The minimum atomic E-state index is -3.62. The van der Waals surface area contributed by atoms with Gasteiger partial charge >= 0.3 is 0 Å². The van der Waals surface area contributed by atoms with E-state index in [0.717, 1.165) is 11.1 Å². The molecule has 1 aromatic rings. The number of carbonyl (C=O) groups excluding carboxylic acids is 1. The van der Waals surface area contributed by atoms with Crippen LogP contribution in [0.2, 0.25) is 0 Å². The lowest BCUT2D eigenvalue weighted by Gasteiger charge is -2.54. The Morgan fingerprint density at radius 3 is 2.46 bits per heavy atom. The molecule has 0 radical (unpaired) electrons. The minimum absolute atomic E-state index is 0.140. The van der Waals surface area contributed by atoms with E-state index in [1.807, 2.05) is 19.1 Å². The largest absolute Gasteiger partial charge is 0.299 e. The Kier molecular flexibility index (Phi) is 4.21. The van der Waals surface area contributed by atoms with Gasteiger partial charge in [0.2, 0.25) is 10.0 Å². The van der Waals surface area contributed by atoms with Crippen LogP contribution in [0.1, 0.15) is 38.7 Å². The summed E-state index contributed by atoms with van der Waals surface area (Å²) in [6, 6.07) is 6.98. The summed E-state index contributed by atoms with van der Waals surface area (Å²) < 4.78 is 28.3. The third kappa shape index (κ3) is 2.54. The summed E-state index contributed by atoms with van der Waals surface area (Å²) >= 11 is 0. The van der Waals surface area contributed by atoms with Crippen LogP contribution in [0, 0.1) is 18.8 Å². The van der Waals surface area contributed by atoms with Crippen molar-refractivity contribution in [3.63, 3.8) is 0 Å². The molecule has 2 atom stereocenters. The normalized spacial score (nSPS) is 28.4. The fraction of sp³-hybridized carbons (Fsp3) is 0.526. The molecular weight excluding hydrogens is 322 g/mol. The molecule has 130 valence electrons. The monoisotopic (exact) mass is 347 g/mol. The van der Waals surface area contributed by atoms with Gasteiger partial charge in [-0.3, -0.25) is 4.79 Å². The highest BCUT2D eigenvalue weighted by atomic mass is 32.2. The van der Waals surface area contributed by atoms with Crippen LogP contribution >= 0.6 is 0 Å². The molecule has 2 fully saturated rings. The highest BCUT2D eigenvalue weighted by molar-refractivity contribution is 7.89. The second kappa shape index (κ2) is 5.81. The molecule has 0 aromatic heterocycles. The van der Waals surface area contributed by atoms with Gasteiger partial charge in [0.1, 0.15) is 5.78 Å². The van der Waals surface area contributed by atoms with Crippen LogP contribution in [0.15, 0.2) is 41.3 Å². The molecule has 1 unspecified atom stereocenters. The fourth-order valence-electron chi connectivity index (χ4n) is 4.11. The van der Waals surface area contributed by atoms with E-state index in [9.17, 15) is 13.2 Å². The summed E-state index contributed by atoms with van der Waals surface area (Å²) in [5, 5.41) is 0. The van der Waals surface area contributed by atoms with Crippen LogP contribution in [0.3, 0.4) is 0 Å². The number of rotatable bonds is 3. The lowest BCUT2D eigenvalue weighted by Crippen LogP contribution is -2.62. The van der Waals surface area contributed by atoms with Gasteiger partial charge < -0.3 is 0 Å². The standard InChI is InChI=1S/C19H25NO3S/c1-13(2)19-10-9-18(21)17(11-19)15(4)12-20(19)24(22,23)16-7-5-14(3)6-8-16/h5-8,13,17H,4,9-12H2,1-3H3/t17?,19-/m1/s1. The van der Waals surface area contributed by atoms with Gasteiger partial charge in [-0.25, -0.2) is 8.42 Å². The zero-order chi connectivity index (χ0) is 17.7. The van der Waals surface area contributed by atoms with Crippen LogP contribution in [0.25, 0.3) is 0 Å². The molecule has 2 bridgehead atoms. The zero-order valence-electron chi connectivity index (χ0n) is 14.6. The van der Waals surface area contributed by atoms with E-state index in [1.54, 1.807) is 16.4 Å². The molecule has 3 rings (SSSR count). The van der Waals surface area contributed by atoms with Gasteiger partial charge in [-0.2, -0.15) is 4.31 Å². The van der Waals surface area contributed by atoms with Crippen molar-refractivity contribution < 1.29 is 13.2 Å². The minimum Gasteiger partial charge on any atom is -0.299 e. The van der Waals surface area contributed by atoms with Crippen molar-refractivity contribution in [2.75, 3.05) is 6.54 Å².